The number of methoxy groups -OCH3 is 1. The van der Waals surface area contributed by atoms with Gasteiger partial charge in [-0.15, -0.1) is 0 Å². The Balaban J connectivity index is 2.13. The fourth-order valence-electron chi connectivity index (χ4n) is 2.45. The molecule has 0 saturated heterocycles. The molecule has 0 spiro atoms. The number of benzene rings is 2. The molecule has 0 aliphatic rings. The Morgan fingerprint density at radius 2 is 1.81 bits per heavy atom. The summed E-state index contributed by atoms with van der Waals surface area (Å²) in [4.78, 5) is 0. The topological polar surface area (TPSA) is 41.5 Å². The van der Waals surface area contributed by atoms with Crippen LogP contribution >= 0.6 is 0 Å². The van der Waals surface area contributed by atoms with Crippen LogP contribution in [0.1, 0.15) is 31.0 Å². The predicted molar refractivity (Wildman–Crippen MR) is 85.5 cm³/mol. The van der Waals surface area contributed by atoms with Crippen molar-refractivity contribution in [2.24, 2.45) is 5.92 Å². The Morgan fingerprint density at radius 3 is 2.43 bits per heavy atom. The van der Waals surface area contributed by atoms with Gasteiger partial charge in [-0.2, -0.15) is 0 Å². The van der Waals surface area contributed by atoms with Crippen LogP contribution in [0.25, 0.3) is 0 Å². The van der Waals surface area contributed by atoms with Gasteiger partial charge in [-0.3, -0.25) is 0 Å². The zero-order chi connectivity index (χ0) is 15.2. The summed E-state index contributed by atoms with van der Waals surface area (Å²) < 4.78 is 5.21. The summed E-state index contributed by atoms with van der Waals surface area (Å²) in [6.07, 6.45) is 0. The lowest BCUT2D eigenvalue weighted by Crippen LogP contribution is -2.25. The fourth-order valence-corrected chi connectivity index (χ4v) is 2.45. The average Bonchev–Trinajstić information content (AvgIpc) is 2.50. The van der Waals surface area contributed by atoms with Gasteiger partial charge in [0.25, 0.3) is 0 Å². The van der Waals surface area contributed by atoms with Crippen LogP contribution in [0.4, 0.5) is 0 Å². The third-order valence-electron chi connectivity index (χ3n) is 3.62. The molecule has 0 aromatic heterocycles. The third-order valence-corrected chi connectivity index (χ3v) is 3.62. The number of phenolic OH excluding ortho intramolecular Hbond substituents is 1. The summed E-state index contributed by atoms with van der Waals surface area (Å²) in [5.74, 6) is 1.50. The number of nitrogens with one attached hydrogen (secondary N) is 1. The summed E-state index contributed by atoms with van der Waals surface area (Å²) in [5.41, 5.74) is 2.10. The van der Waals surface area contributed by atoms with Gasteiger partial charge in [0.15, 0.2) is 0 Å². The standard InChI is InChI=1S/C18H23NO2/c1-13(2)18(14-7-5-4-6-8-14)19-12-15-11-16(21-3)9-10-17(15)20/h4-11,13,18-20H,12H2,1-3H3. The zero-order valence-corrected chi connectivity index (χ0v) is 12.8. The van der Waals surface area contributed by atoms with E-state index in [4.69, 9.17) is 4.74 Å². The molecule has 0 aliphatic carbocycles. The molecule has 3 nitrogen and oxygen atoms in total. The zero-order valence-electron chi connectivity index (χ0n) is 12.8. The van der Waals surface area contributed by atoms with Crippen molar-refractivity contribution in [3.8, 4) is 11.5 Å². The predicted octanol–water partition coefficient (Wildman–Crippen LogP) is 3.89. The summed E-state index contributed by atoms with van der Waals surface area (Å²) >= 11 is 0. The van der Waals surface area contributed by atoms with Crippen molar-refractivity contribution < 1.29 is 9.84 Å². The van der Waals surface area contributed by atoms with E-state index in [1.165, 1.54) is 5.56 Å². The van der Waals surface area contributed by atoms with Gasteiger partial charge in [-0.25, -0.2) is 0 Å². The van der Waals surface area contributed by atoms with E-state index in [2.05, 4.69) is 43.4 Å². The second-order valence-corrected chi connectivity index (χ2v) is 5.51. The first kappa shape index (κ1) is 15.4. The molecule has 112 valence electrons. The minimum atomic E-state index is 0.247. The molecule has 2 rings (SSSR count). The van der Waals surface area contributed by atoms with Crippen LogP contribution in [0.2, 0.25) is 0 Å². The maximum atomic E-state index is 9.96. The van der Waals surface area contributed by atoms with Gasteiger partial charge in [-0.05, 0) is 29.7 Å². The maximum absolute atomic E-state index is 9.96. The summed E-state index contributed by atoms with van der Waals surface area (Å²) in [7, 11) is 1.63. The van der Waals surface area contributed by atoms with Crippen LogP contribution in [0, 0.1) is 5.92 Å². The Labute approximate surface area is 126 Å². The molecule has 2 aromatic rings. The highest BCUT2D eigenvalue weighted by molar-refractivity contribution is 5.39. The molecule has 0 aliphatic heterocycles. The van der Waals surface area contributed by atoms with Crippen LogP contribution < -0.4 is 10.1 Å². The van der Waals surface area contributed by atoms with E-state index >= 15 is 0 Å². The van der Waals surface area contributed by atoms with Crippen LogP contribution in [-0.4, -0.2) is 12.2 Å². The second-order valence-electron chi connectivity index (χ2n) is 5.51. The van der Waals surface area contributed by atoms with Crippen molar-refractivity contribution in [1.82, 2.24) is 5.32 Å². The molecule has 0 amide bonds. The molecule has 21 heavy (non-hydrogen) atoms. The molecule has 1 unspecified atom stereocenters. The summed E-state index contributed by atoms with van der Waals surface area (Å²) in [5, 5.41) is 13.5. The van der Waals surface area contributed by atoms with E-state index < -0.39 is 0 Å². The molecule has 3 heteroatoms. The Hall–Kier alpha value is -2.00. The Morgan fingerprint density at radius 1 is 1.10 bits per heavy atom. The van der Waals surface area contributed by atoms with E-state index in [9.17, 15) is 5.11 Å². The lowest BCUT2D eigenvalue weighted by atomic mass is 9.96. The van der Waals surface area contributed by atoms with Gasteiger partial charge in [0.2, 0.25) is 0 Å². The smallest absolute Gasteiger partial charge is 0.120 e. The van der Waals surface area contributed by atoms with Crippen LogP contribution in [-0.2, 0) is 6.54 Å². The van der Waals surface area contributed by atoms with Crippen molar-refractivity contribution in [3.05, 3.63) is 59.7 Å². The molecule has 0 radical (unpaired) electrons. The van der Waals surface area contributed by atoms with Crippen molar-refractivity contribution in [1.29, 1.82) is 0 Å². The normalized spacial score (nSPS) is 12.4. The molecule has 1 atom stereocenters. The Kier molecular flexibility index (Phi) is 5.23. The van der Waals surface area contributed by atoms with Gasteiger partial charge in [0.05, 0.1) is 7.11 Å². The highest BCUT2D eigenvalue weighted by atomic mass is 16.5. The molecule has 0 saturated carbocycles. The lowest BCUT2D eigenvalue weighted by Gasteiger charge is -2.23. The van der Waals surface area contributed by atoms with Crippen LogP contribution in [0.3, 0.4) is 0 Å². The summed E-state index contributed by atoms with van der Waals surface area (Å²) in [6, 6.07) is 15.9. The van der Waals surface area contributed by atoms with Crippen molar-refractivity contribution in [2.75, 3.05) is 7.11 Å². The molecule has 2 N–H and O–H groups in total. The van der Waals surface area contributed by atoms with Gasteiger partial charge in [0.1, 0.15) is 11.5 Å². The number of ether oxygens (including phenoxy) is 1. The molecule has 0 heterocycles. The van der Waals surface area contributed by atoms with Crippen LogP contribution in [0.5, 0.6) is 11.5 Å². The molecular weight excluding hydrogens is 262 g/mol. The van der Waals surface area contributed by atoms with Gasteiger partial charge >= 0.3 is 0 Å². The molecular formula is C18H23NO2. The quantitative estimate of drug-likeness (QED) is 0.846. The monoisotopic (exact) mass is 285 g/mol. The molecule has 2 aromatic carbocycles. The van der Waals surface area contributed by atoms with E-state index in [0.717, 1.165) is 11.3 Å². The molecule has 0 bridgehead atoms. The number of phenols is 1. The fraction of sp³-hybridized carbons (Fsp3) is 0.333. The Bertz CT molecular complexity index is 567. The number of rotatable bonds is 6. The van der Waals surface area contributed by atoms with Crippen molar-refractivity contribution in [2.45, 2.75) is 26.4 Å². The second kappa shape index (κ2) is 7.14. The maximum Gasteiger partial charge on any atom is 0.120 e. The molecule has 0 fully saturated rings. The average molecular weight is 285 g/mol. The van der Waals surface area contributed by atoms with Gasteiger partial charge < -0.3 is 15.2 Å². The lowest BCUT2D eigenvalue weighted by molar-refractivity contribution is 0.395. The van der Waals surface area contributed by atoms with Gasteiger partial charge in [-0.1, -0.05) is 44.2 Å². The first-order valence-corrected chi connectivity index (χ1v) is 7.26. The van der Waals surface area contributed by atoms with Crippen LogP contribution in [0.15, 0.2) is 48.5 Å². The van der Waals surface area contributed by atoms with E-state index in [1.807, 2.05) is 12.1 Å². The van der Waals surface area contributed by atoms with E-state index in [-0.39, 0.29) is 6.04 Å². The highest BCUT2D eigenvalue weighted by Gasteiger charge is 2.15. The number of hydrogen-bond acceptors (Lipinski definition) is 3. The van der Waals surface area contributed by atoms with Crippen molar-refractivity contribution in [3.63, 3.8) is 0 Å². The van der Waals surface area contributed by atoms with Gasteiger partial charge in [0, 0.05) is 18.2 Å². The number of hydrogen-bond donors (Lipinski definition) is 2. The first-order valence-electron chi connectivity index (χ1n) is 7.26. The third kappa shape index (κ3) is 3.99. The highest BCUT2D eigenvalue weighted by Crippen LogP contribution is 2.26. The van der Waals surface area contributed by atoms with E-state index in [0.29, 0.717) is 18.2 Å². The largest absolute Gasteiger partial charge is 0.508 e. The summed E-state index contributed by atoms with van der Waals surface area (Å²) in [6.45, 7) is 4.98. The minimum Gasteiger partial charge on any atom is -0.508 e. The van der Waals surface area contributed by atoms with E-state index in [1.54, 1.807) is 19.2 Å². The number of aromatic hydroxyl groups is 1. The minimum absolute atomic E-state index is 0.247. The van der Waals surface area contributed by atoms with Crippen molar-refractivity contribution >= 4 is 0 Å². The SMILES string of the molecule is COc1ccc(O)c(CNC(c2ccccc2)C(C)C)c1. The first-order chi connectivity index (χ1) is 10.1.